The molecule has 1 amide bonds. The van der Waals surface area contributed by atoms with Crippen molar-refractivity contribution in [3.8, 4) is 22.8 Å². The summed E-state index contributed by atoms with van der Waals surface area (Å²) in [7, 11) is 0. The fraction of sp³-hybridized carbons (Fsp3) is 0.483. The molecule has 0 unspecified atom stereocenters. The largest absolute Gasteiger partial charge is 0.437 e. The third-order valence-corrected chi connectivity index (χ3v) is 7.70. The highest BCUT2D eigenvalue weighted by molar-refractivity contribution is 5.98. The smallest absolute Gasteiger partial charge is 0.421 e. The molecule has 3 aromatic rings. The number of pyridine rings is 1. The molecule has 39 heavy (non-hydrogen) atoms. The standard InChI is InChI=1S/C29H34F3N5O2/c1-4-18(2)37(28(38)20-7-8-20)25-10-9-23(21-16-35-36(17-21)22-11-14-33-15-12-22)26(19(25)3)39-27-24(29(30,31)32)6-5-13-34-27/h5-6,9-10,13,16-18,20,22,33H,4,7-8,11-12,14-15H2,1-3H3/t18-/m0/s1. The Balaban J connectivity index is 1.62. The molecule has 1 N–H and O–H groups in total. The number of nitrogens with one attached hydrogen (secondary N) is 1. The van der Waals surface area contributed by atoms with Gasteiger partial charge in [-0.2, -0.15) is 18.3 Å². The minimum Gasteiger partial charge on any atom is -0.437 e. The van der Waals surface area contributed by atoms with E-state index < -0.39 is 17.6 Å². The predicted molar refractivity (Wildman–Crippen MR) is 143 cm³/mol. The number of carbonyl (C=O) groups excluding carboxylic acids is 1. The minimum absolute atomic E-state index is 0.0155. The first-order chi connectivity index (χ1) is 18.7. The summed E-state index contributed by atoms with van der Waals surface area (Å²) < 4.78 is 49.5. The van der Waals surface area contributed by atoms with Gasteiger partial charge in [0, 0.05) is 41.0 Å². The number of hydrogen-bond donors (Lipinski definition) is 1. The second-order valence-corrected chi connectivity index (χ2v) is 10.5. The molecule has 7 nitrogen and oxygen atoms in total. The molecule has 5 rings (SSSR count). The second kappa shape index (κ2) is 11.0. The van der Waals surface area contributed by atoms with Gasteiger partial charge in [0.05, 0.1) is 17.9 Å². The molecule has 208 valence electrons. The molecule has 2 fully saturated rings. The first-order valence-corrected chi connectivity index (χ1v) is 13.6. The van der Waals surface area contributed by atoms with Gasteiger partial charge in [-0.3, -0.25) is 9.48 Å². The number of hydrogen-bond acceptors (Lipinski definition) is 5. The van der Waals surface area contributed by atoms with Gasteiger partial charge in [0.1, 0.15) is 11.3 Å². The van der Waals surface area contributed by atoms with Crippen LogP contribution in [0, 0.1) is 12.8 Å². The molecule has 10 heteroatoms. The molecule has 0 bridgehead atoms. The van der Waals surface area contributed by atoms with Gasteiger partial charge in [0.15, 0.2) is 0 Å². The van der Waals surface area contributed by atoms with Crippen molar-refractivity contribution >= 4 is 11.6 Å². The highest BCUT2D eigenvalue weighted by Crippen LogP contribution is 2.45. The first-order valence-electron chi connectivity index (χ1n) is 13.6. The molecule has 0 radical (unpaired) electrons. The van der Waals surface area contributed by atoms with E-state index in [1.54, 1.807) is 18.0 Å². The summed E-state index contributed by atoms with van der Waals surface area (Å²) in [6, 6.07) is 6.04. The first kappa shape index (κ1) is 27.2. The van der Waals surface area contributed by atoms with Gasteiger partial charge in [-0.25, -0.2) is 4.98 Å². The lowest BCUT2D eigenvalue weighted by Crippen LogP contribution is -2.40. The van der Waals surface area contributed by atoms with Gasteiger partial charge in [-0.1, -0.05) is 6.92 Å². The highest BCUT2D eigenvalue weighted by atomic mass is 19.4. The van der Waals surface area contributed by atoms with Crippen molar-refractivity contribution in [2.45, 2.75) is 71.1 Å². The number of nitrogens with zero attached hydrogens (tertiary/aromatic N) is 4. The Morgan fingerprint density at radius 2 is 1.95 bits per heavy atom. The third kappa shape index (κ3) is 5.66. The van der Waals surface area contributed by atoms with Crippen LogP contribution in [0.15, 0.2) is 42.9 Å². The number of alkyl halides is 3. The van der Waals surface area contributed by atoms with Crippen LogP contribution >= 0.6 is 0 Å². The van der Waals surface area contributed by atoms with Crippen molar-refractivity contribution < 1.29 is 22.7 Å². The lowest BCUT2D eigenvalue weighted by Gasteiger charge is -2.31. The van der Waals surface area contributed by atoms with Gasteiger partial charge < -0.3 is 15.0 Å². The number of anilines is 1. The summed E-state index contributed by atoms with van der Waals surface area (Å²) in [6.07, 6.45) is 4.60. The molecule has 1 saturated heterocycles. The van der Waals surface area contributed by atoms with Gasteiger partial charge in [0.25, 0.3) is 0 Å². The zero-order valence-corrected chi connectivity index (χ0v) is 22.5. The van der Waals surface area contributed by atoms with Crippen LogP contribution in [0.5, 0.6) is 11.6 Å². The Morgan fingerprint density at radius 1 is 1.21 bits per heavy atom. The van der Waals surface area contributed by atoms with Crippen LogP contribution in [0.25, 0.3) is 11.1 Å². The second-order valence-electron chi connectivity index (χ2n) is 10.5. The van der Waals surface area contributed by atoms with E-state index in [4.69, 9.17) is 4.74 Å². The number of halogens is 3. The number of rotatable bonds is 8. The van der Waals surface area contributed by atoms with Gasteiger partial charge in [-0.15, -0.1) is 0 Å². The average molecular weight is 542 g/mol. The van der Waals surface area contributed by atoms with Crippen LogP contribution in [0.1, 0.15) is 63.1 Å². The molecule has 2 aromatic heterocycles. The summed E-state index contributed by atoms with van der Waals surface area (Å²) in [5.74, 6) is -0.267. The number of aromatic nitrogens is 3. The van der Waals surface area contributed by atoms with E-state index in [0.29, 0.717) is 16.8 Å². The molecule has 1 aliphatic heterocycles. The monoisotopic (exact) mass is 541 g/mol. The van der Waals surface area contributed by atoms with E-state index in [1.807, 2.05) is 36.9 Å². The SMILES string of the molecule is CC[C@H](C)N(C(=O)C1CC1)c1ccc(-c2cnn(C3CCNCC3)c2)c(Oc2ncccc2C(F)(F)F)c1C. The number of amides is 1. The maximum atomic E-state index is 13.9. The fourth-order valence-corrected chi connectivity index (χ4v) is 5.12. The molecule has 1 saturated carbocycles. The quantitative estimate of drug-likeness (QED) is 0.351. The molecule has 3 heterocycles. The Morgan fingerprint density at radius 3 is 2.62 bits per heavy atom. The maximum absolute atomic E-state index is 13.9. The van der Waals surface area contributed by atoms with Gasteiger partial charge >= 0.3 is 6.18 Å². The van der Waals surface area contributed by atoms with Gasteiger partial charge in [0.2, 0.25) is 11.8 Å². The summed E-state index contributed by atoms with van der Waals surface area (Å²) in [5, 5.41) is 7.93. The van der Waals surface area contributed by atoms with Crippen LogP contribution in [0.4, 0.5) is 18.9 Å². The van der Waals surface area contributed by atoms with Crippen LogP contribution in [0.2, 0.25) is 0 Å². The van der Waals surface area contributed by atoms with E-state index >= 15 is 0 Å². The van der Waals surface area contributed by atoms with Crippen molar-refractivity contribution in [1.82, 2.24) is 20.1 Å². The molecule has 1 atom stereocenters. The molecular weight excluding hydrogens is 507 g/mol. The highest BCUT2D eigenvalue weighted by Gasteiger charge is 2.38. The van der Waals surface area contributed by atoms with Crippen LogP contribution in [-0.2, 0) is 11.0 Å². The normalized spacial score (nSPS) is 17.2. The van der Waals surface area contributed by atoms with Crippen molar-refractivity contribution in [2.24, 2.45) is 5.92 Å². The summed E-state index contributed by atoms with van der Waals surface area (Å²) in [6.45, 7) is 7.59. The molecule has 1 aromatic carbocycles. The minimum atomic E-state index is -4.64. The number of piperidine rings is 1. The fourth-order valence-electron chi connectivity index (χ4n) is 5.12. The topological polar surface area (TPSA) is 72.3 Å². The van der Waals surface area contributed by atoms with E-state index in [0.717, 1.165) is 56.8 Å². The Kier molecular flexibility index (Phi) is 7.66. The van der Waals surface area contributed by atoms with Crippen molar-refractivity contribution in [3.63, 3.8) is 0 Å². The number of ether oxygens (including phenoxy) is 1. The van der Waals surface area contributed by atoms with Crippen molar-refractivity contribution in [3.05, 3.63) is 54.0 Å². The Labute approximate surface area is 226 Å². The summed E-state index contributed by atoms with van der Waals surface area (Å²) >= 11 is 0. The lowest BCUT2D eigenvalue weighted by molar-refractivity contribution is -0.138. The van der Waals surface area contributed by atoms with E-state index in [1.165, 1.54) is 12.3 Å². The average Bonchev–Trinajstić information content (AvgIpc) is 3.67. The van der Waals surface area contributed by atoms with Crippen molar-refractivity contribution in [2.75, 3.05) is 18.0 Å². The van der Waals surface area contributed by atoms with Crippen molar-refractivity contribution in [1.29, 1.82) is 0 Å². The molecular formula is C29H34F3N5O2. The Hall–Kier alpha value is -3.40. The van der Waals surface area contributed by atoms with Crippen LogP contribution < -0.4 is 15.0 Å². The van der Waals surface area contributed by atoms with E-state index in [-0.39, 0.29) is 29.7 Å². The zero-order valence-electron chi connectivity index (χ0n) is 22.5. The summed E-state index contributed by atoms with van der Waals surface area (Å²) in [5.41, 5.74) is 1.58. The zero-order chi connectivity index (χ0) is 27.7. The molecule has 0 spiro atoms. The summed E-state index contributed by atoms with van der Waals surface area (Å²) in [4.78, 5) is 19.1. The predicted octanol–water partition coefficient (Wildman–Crippen LogP) is 6.53. The maximum Gasteiger partial charge on any atom is 0.421 e. The van der Waals surface area contributed by atoms with E-state index in [2.05, 4.69) is 15.4 Å². The van der Waals surface area contributed by atoms with Crippen LogP contribution in [0.3, 0.4) is 0 Å². The van der Waals surface area contributed by atoms with Crippen LogP contribution in [-0.4, -0.2) is 39.8 Å². The third-order valence-electron chi connectivity index (χ3n) is 7.70. The Bertz CT molecular complexity index is 1330. The lowest BCUT2D eigenvalue weighted by atomic mass is 10.0. The van der Waals surface area contributed by atoms with Gasteiger partial charge in [-0.05, 0) is 83.3 Å². The number of benzene rings is 1. The molecule has 1 aliphatic carbocycles. The number of carbonyl (C=O) groups is 1. The van der Waals surface area contributed by atoms with E-state index in [9.17, 15) is 18.0 Å². The molecule has 2 aliphatic rings.